The van der Waals surface area contributed by atoms with Crippen molar-refractivity contribution in [2.45, 2.75) is 45.6 Å². The number of hydrogen-bond acceptors (Lipinski definition) is 2. The van der Waals surface area contributed by atoms with E-state index in [1.807, 2.05) is 0 Å². The van der Waals surface area contributed by atoms with Gasteiger partial charge in [-0.2, -0.15) is 0 Å². The highest BCUT2D eigenvalue weighted by Crippen LogP contribution is 2.38. The van der Waals surface area contributed by atoms with Crippen molar-refractivity contribution in [3.05, 3.63) is 0 Å². The highest BCUT2D eigenvalue weighted by atomic mass is 16.5. The average Bonchev–Trinajstić information content (AvgIpc) is 2.50. The van der Waals surface area contributed by atoms with E-state index in [0.717, 1.165) is 30.9 Å². The van der Waals surface area contributed by atoms with Crippen molar-refractivity contribution in [1.82, 2.24) is 5.32 Å². The number of hydrogen-bond donors (Lipinski definition) is 1. The van der Waals surface area contributed by atoms with E-state index >= 15 is 0 Å². The van der Waals surface area contributed by atoms with Gasteiger partial charge in [0.25, 0.3) is 0 Å². The molecule has 0 aromatic rings. The number of rotatable bonds is 5. The van der Waals surface area contributed by atoms with Gasteiger partial charge in [0.15, 0.2) is 0 Å². The Labute approximate surface area is 93.8 Å². The second kappa shape index (κ2) is 5.31. The molecule has 2 unspecified atom stereocenters. The maximum atomic E-state index is 5.89. The Morgan fingerprint density at radius 1 is 1.27 bits per heavy atom. The van der Waals surface area contributed by atoms with Crippen molar-refractivity contribution in [2.75, 3.05) is 19.7 Å². The zero-order valence-electron chi connectivity index (χ0n) is 10.2. The summed E-state index contributed by atoms with van der Waals surface area (Å²) < 4.78 is 5.89. The molecule has 0 amide bonds. The van der Waals surface area contributed by atoms with Crippen LogP contribution in [-0.2, 0) is 4.74 Å². The van der Waals surface area contributed by atoms with Crippen LogP contribution >= 0.6 is 0 Å². The molecule has 1 aliphatic heterocycles. The van der Waals surface area contributed by atoms with Gasteiger partial charge in [-0.05, 0) is 37.6 Å². The highest BCUT2D eigenvalue weighted by Gasteiger charge is 2.37. The van der Waals surface area contributed by atoms with Crippen LogP contribution in [0.3, 0.4) is 0 Å². The minimum atomic E-state index is 0.582. The maximum Gasteiger partial charge on any atom is 0.0644 e. The molecule has 2 heteroatoms. The zero-order valence-corrected chi connectivity index (χ0v) is 10.2. The molecule has 2 fully saturated rings. The van der Waals surface area contributed by atoms with Crippen LogP contribution in [0.25, 0.3) is 0 Å². The first-order valence-corrected chi connectivity index (χ1v) is 6.59. The lowest BCUT2D eigenvalue weighted by atomic mass is 9.76. The Bertz CT molecular complexity index is 189. The summed E-state index contributed by atoms with van der Waals surface area (Å²) >= 11 is 0. The Hall–Kier alpha value is -0.0800. The van der Waals surface area contributed by atoms with Gasteiger partial charge in [0.1, 0.15) is 0 Å². The van der Waals surface area contributed by atoms with Crippen LogP contribution in [0.2, 0.25) is 0 Å². The van der Waals surface area contributed by atoms with Crippen LogP contribution < -0.4 is 5.32 Å². The van der Waals surface area contributed by atoms with E-state index in [1.54, 1.807) is 0 Å². The van der Waals surface area contributed by atoms with Crippen LogP contribution in [0, 0.1) is 17.8 Å². The first-order chi connectivity index (χ1) is 7.27. The largest absolute Gasteiger partial charge is 0.378 e. The molecule has 1 N–H and O–H groups in total. The molecule has 0 spiro atoms. The summed E-state index contributed by atoms with van der Waals surface area (Å²) in [4.78, 5) is 0. The van der Waals surface area contributed by atoms with Crippen LogP contribution in [0.1, 0.15) is 39.5 Å². The summed E-state index contributed by atoms with van der Waals surface area (Å²) in [5, 5.41) is 3.58. The molecule has 2 rings (SSSR count). The normalized spacial score (nSPS) is 32.2. The fourth-order valence-corrected chi connectivity index (χ4v) is 2.72. The molecular weight excluding hydrogens is 186 g/mol. The fourth-order valence-electron chi connectivity index (χ4n) is 2.72. The molecule has 0 aromatic heterocycles. The standard InChI is InChI=1S/C13H25NO/c1-10(2)8-14-9-12-6-7-15-13(12)11-4-3-5-11/h10-14H,3-9H2,1-2H3. The Kier molecular flexibility index (Phi) is 4.04. The predicted octanol–water partition coefficient (Wildman–Crippen LogP) is 2.44. The Morgan fingerprint density at radius 2 is 2.07 bits per heavy atom. The SMILES string of the molecule is CC(C)CNCC1CCOC1C1CCC1. The van der Waals surface area contributed by atoms with Crippen LogP contribution in [0.4, 0.5) is 0 Å². The van der Waals surface area contributed by atoms with Crippen molar-refractivity contribution in [2.24, 2.45) is 17.8 Å². The summed E-state index contributed by atoms with van der Waals surface area (Å²) in [5.41, 5.74) is 0. The summed E-state index contributed by atoms with van der Waals surface area (Å²) in [6.07, 6.45) is 6.10. The van der Waals surface area contributed by atoms with Crippen LogP contribution in [0.5, 0.6) is 0 Å². The summed E-state index contributed by atoms with van der Waals surface area (Å²) in [6, 6.07) is 0. The molecule has 1 heterocycles. The van der Waals surface area contributed by atoms with E-state index in [4.69, 9.17) is 4.74 Å². The monoisotopic (exact) mass is 211 g/mol. The number of nitrogens with one attached hydrogen (secondary N) is 1. The van der Waals surface area contributed by atoms with E-state index in [-0.39, 0.29) is 0 Å². The third-order valence-corrected chi connectivity index (χ3v) is 3.84. The topological polar surface area (TPSA) is 21.3 Å². The van der Waals surface area contributed by atoms with Gasteiger partial charge in [0.05, 0.1) is 6.10 Å². The molecule has 2 nitrogen and oxygen atoms in total. The van der Waals surface area contributed by atoms with Crippen molar-refractivity contribution in [1.29, 1.82) is 0 Å². The van der Waals surface area contributed by atoms with Gasteiger partial charge in [-0.1, -0.05) is 20.3 Å². The smallest absolute Gasteiger partial charge is 0.0644 e. The van der Waals surface area contributed by atoms with Crippen molar-refractivity contribution in [3.8, 4) is 0 Å². The molecular formula is C13H25NO. The van der Waals surface area contributed by atoms with Crippen molar-refractivity contribution >= 4 is 0 Å². The molecule has 1 saturated heterocycles. The summed E-state index contributed by atoms with van der Waals surface area (Å²) in [6.45, 7) is 7.84. The third-order valence-electron chi connectivity index (χ3n) is 3.84. The number of ether oxygens (including phenoxy) is 1. The van der Waals surface area contributed by atoms with Gasteiger partial charge in [-0.3, -0.25) is 0 Å². The van der Waals surface area contributed by atoms with Gasteiger partial charge in [0, 0.05) is 19.1 Å². The average molecular weight is 211 g/mol. The van der Waals surface area contributed by atoms with Gasteiger partial charge in [-0.15, -0.1) is 0 Å². The van der Waals surface area contributed by atoms with Crippen LogP contribution in [0.15, 0.2) is 0 Å². The van der Waals surface area contributed by atoms with E-state index in [0.29, 0.717) is 6.10 Å². The molecule has 2 atom stereocenters. The summed E-state index contributed by atoms with van der Waals surface area (Å²) in [5.74, 6) is 2.43. The lowest BCUT2D eigenvalue weighted by molar-refractivity contribution is 0.0103. The predicted molar refractivity (Wildman–Crippen MR) is 62.9 cm³/mol. The van der Waals surface area contributed by atoms with Gasteiger partial charge in [-0.25, -0.2) is 0 Å². The molecule has 88 valence electrons. The second-order valence-electron chi connectivity index (χ2n) is 5.63. The first-order valence-electron chi connectivity index (χ1n) is 6.59. The molecule has 0 aromatic carbocycles. The lowest BCUT2D eigenvalue weighted by Gasteiger charge is -2.34. The van der Waals surface area contributed by atoms with E-state index in [2.05, 4.69) is 19.2 Å². The Balaban J connectivity index is 1.70. The van der Waals surface area contributed by atoms with Gasteiger partial charge in [0.2, 0.25) is 0 Å². The fraction of sp³-hybridized carbons (Fsp3) is 1.00. The Morgan fingerprint density at radius 3 is 2.67 bits per heavy atom. The zero-order chi connectivity index (χ0) is 10.7. The van der Waals surface area contributed by atoms with E-state index in [1.165, 1.54) is 32.2 Å². The molecule has 1 aliphatic carbocycles. The molecule has 15 heavy (non-hydrogen) atoms. The third kappa shape index (κ3) is 2.94. The molecule has 2 aliphatic rings. The minimum absolute atomic E-state index is 0.582. The second-order valence-corrected chi connectivity index (χ2v) is 5.63. The van der Waals surface area contributed by atoms with Crippen molar-refractivity contribution in [3.63, 3.8) is 0 Å². The lowest BCUT2D eigenvalue weighted by Crippen LogP contribution is -2.37. The molecule has 0 radical (unpaired) electrons. The first kappa shape index (κ1) is 11.4. The van der Waals surface area contributed by atoms with Gasteiger partial charge < -0.3 is 10.1 Å². The minimum Gasteiger partial charge on any atom is -0.378 e. The maximum absolute atomic E-state index is 5.89. The van der Waals surface area contributed by atoms with E-state index < -0.39 is 0 Å². The summed E-state index contributed by atoms with van der Waals surface area (Å²) in [7, 11) is 0. The molecule has 0 bridgehead atoms. The van der Waals surface area contributed by atoms with E-state index in [9.17, 15) is 0 Å². The van der Waals surface area contributed by atoms with Crippen LogP contribution in [-0.4, -0.2) is 25.8 Å². The highest BCUT2D eigenvalue weighted by molar-refractivity contribution is 4.87. The van der Waals surface area contributed by atoms with Gasteiger partial charge >= 0.3 is 0 Å². The van der Waals surface area contributed by atoms with Crippen molar-refractivity contribution < 1.29 is 4.74 Å². The quantitative estimate of drug-likeness (QED) is 0.754. The molecule has 1 saturated carbocycles.